The largest absolute Gasteiger partial charge is 0.495 e. The third-order valence-electron chi connectivity index (χ3n) is 4.81. The summed E-state index contributed by atoms with van der Waals surface area (Å²) < 4.78 is 32.1. The zero-order valence-electron chi connectivity index (χ0n) is 14.9. The molecule has 3 rings (SSSR count). The summed E-state index contributed by atoms with van der Waals surface area (Å²) in [5.41, 5.74) is 0.867. The maximum absolute atomic E-state index is 11.6. The van der Waals surface area contributed by atoms with Crippen molar-refractivity contribution >= 4 is 48.3 Å². The van der Waals surface area contributed by atoms with Gasteiger partial charge in [0.25, 0.3) is 0 Å². The number of sulfonamides is 1. The fraction of sp³-hybridized carbons (Fsp3) is 0.588. The van der Waals surface area contributed by atoms with Gasteiger partial charge in [-0.2, -0.15) is 0 Å². The zero-order valence-corrected chi connectivity index (χ0v) is 17.3. The molecule has 6 nitrogen and oxygen atoms in total. The van der Waals surface area contributed by atoms with Crippen molar-refractivity contribution in [2.45, 2.75) is 38.6 Å². The number of nitrogens with one attached hydrogen (secondary N) is 2. The van der Waals surface area contributed by atoms with Crippen molar-refractivity contribution < 1.29 is 13.2 Å². The highest BCUT2D eigenvalue weighted by Crippen LogP contribution is 2.35. The van der Waals surface area contributed by atoms with Crippen LogP contribution >= 0.6 is 22.9 Å². The van der Waals surface area contributed by atoms with Crippen LogP contribution in [0.25, 0.3) is 10.2 Å². The van der Waals surface area contributed by atoms with Crippen LogP contribution in [0.2, 0.25) is 5.02 Å². The molecule has 1 aromatic heterocycles. The number of aromatic nitrogens is 1. The molecule has 0 spiro atoms. The molecule has 1 fully saturated rings. The molecular formula is C17H24ClN3O3S2. The molecule has 2 aromatic rings. The molecule has 1 aliphatic carbocycles. The number of benzene rings is 1. The quantitative estimate of drug-likeness (QED) is 0.714. The second-order valence-electron chi connectivity index (χ2n) is 6.59. The van der Waals surface area contributed by atoms with Gasteiger partial charge in [0.15, 0.2) is 5.13 Å². The number of rotatable bonds is 7. The predicted octanol–water partition coefficient (Wildman–Crippen LogP) is 3.87. The Kier molecular flexibility index (Phi) is 6.27. The van der Waals surface area contributed by atoms with Gasteiger partial charge in [0.05, 0.1) is 28.1 Å². The molecule has 1 aliphatic rings. The zero-order chi connectivity index (χ0) is 18.7. The first-order valence-corrected chi connectivity index (χ1v) is 11.6. The fourth-order valence-corrected chi connectivity index (χ4v) is 5.06. The van der Waals surface area contributed by atoms with Crippen molar-refractivity contribution in [3.05, 3.63) is 17.2 Å². The summed E-state index contributed by atoms with van der Waals surface area (Å²) in [6.07, 6.45) is 4.04. The minimum absolute atomic E-state index is 0.135. The topological polar surface area (TPSA) is 80.3 Å². The number of hydrogen-bond donors (Lipinski definition) is 2. The third-order valence-corrected chi connectivity index (χ3v) is 7.42. The maximum atomic E-state index is 11.6. The van der Waals surface area contributed by atoms with E-state index in [0.717, 1.165) is 41.0 Å². The van der Waals surface area contributed by atoms with Crippen LogP contribution in [0.5, 0.6) is 5.75 Å². The molecule has 0 bridgehead atoms. The van der Waals surface area contributed by atoms with Crippen LogP contribution in [0, 0.1) is 5.92 Å². The monoisotopic (exact) mass is 417 g/mol. The first kappa shape index (κ1) is 19.7. The van der Waals surface area contributed by atoms with Gasteiger partial charge >= 0.3 is 0 Å². The van der Waals surface area contributed by atoms with E-state index in [0.29, 0.717) is 29.3 Å². The van der Waals surface area contributed by atoms with Gasteiger partial charge in [0.1, 0.15) is 5.75 Å². The lowest BCUT2D eigenvalue weighted by Crippen LogP contribution is -2.34. The van der Waals surface area contributed by atoms with Crippen LogP contribution < -0.4 is 14.8 Å². The smallest absolute Gasteiger partial charge is 0.211 e. The van der Waals surface area contributed by atoms with Crippen LogP contribution in [0.3, 0.4) is 0 Å². The third kappa shape index (κ3) is 4.79. The molecule has 0 saturated heterocycles. The molecule has 0 amide bonds. The van der Waals surface area contributed by atoms with Gasteiger partial charge in [-0.05, 0) is 44.6 Å². The van der Waals surface area contributed by atoms with Gasteiger partial charge in [-0.1, -0.05) is 22.9 Å². The predicted molar refractivity (Wildman–Crippen MR) is 108 cm³/mol. The van der Waals surface area contributed by atoms with Gasteiger partial charge in [-0.15, -0.1) is 0 Å². The van der Waals surface area contributed by atoms with Crippen molar-refractivity contribution in [1.82, 2.24) is 9.71 Å². The van der Waals surface area contributed by atoms with Crippen LogP contribution in [-0.4, -0.2) is 38.9 Å². The van der Waals surface area contributed by atoms with E-state index in [4.69, 9.17) is 16.3 Å². The number of hydrogen-bond acceptors (Lipinski definition) is 6. The van der Waals surface area contributed by atoms with E-state index in [1.807, 2.05) is 12.1 Å². The molecule has 144 valence electrons. The van der Waals surface area contributed by atoms with E-state index in [-0.39, 0.29) is 5.75 Å². The van der Waals surface area contributed by atoms with E-state index in [1.54, 1.807) is 25.4 Å². The van der Waals surface area contributed by atoms with Crippen molar-refractivity contribution in [2.24, 2.45) is 5.92 Å². The summed E-state index contributed by atoms with van der Waals surface area (Å²) in [5.74, 6) is 1.20. The summed E-state index contributed by atoms with van der Waals surface area (Å²) in [5, 5.41) is 4.97. The molecule has 1 heterocycles. The summed E-state index contributed by atoms with van der Waals surface area (Å²) >= 11 is 7.76. The Labute approximate surface area is 163 Å². The van der Waals surface area contributed by atoms with Gasteiger partial charge in [-0.25, -0.2) is 18.1 Å². The number of fused-ring (bicyclic) bond motifs is 1. The Morgan fingerprint density at radius 1 is 1.31 bits per heavy atom. The lowest BCUT2D eigenvalue weighted by atomic mass is 9.86. The lowest BCUT2D eigenvalue weighted by molar-refractivity contribution is 0.337. The van der Waals surface area contributed by atoms with E-state index < -0.39 is 10.0 Å². The average molecular weight is 418 g/mol. The van der Waals surface area contributed by atoms with Gasteiger partial charge in [0.2, 0.25) is 10.0 Å². The first-order chi connectivity index (χ1) is 12.4. The molecule has 2 N–H and O–H groups in total. The Morgan fingerprint density at radius 2 is 2.04 bits per heavy atom. The minimum atomic E-state index is -3.10. The van der Waals surface area contributed by atoms with E-state index >= 15 is 0 Å². The highest BCUT2D eigenvalue weighted by Gasteiger charge is 2.23. The second kappa shape index (κ2) is 8.29. The summed E-state index contributed by atoms with van der Waals surface area (Å²) in [4.78, 5) is 4.62. The van der Waals surface area contributed by atoms with E-state index in [1.165, 1.54) is 0 Å². The number of anilines is 1. The van der Waals surface area contributed by atoms with Gasteiger partial charge < -0.3 is 10.1 Å². The number of thiazole rings is 1. The molecule has 0 atom stereocenters. The minimum Gasteiger partial charge on any atom is -0.495 e. The maximum Gasteiger partial charge on any atom is 0.211 e. The Bertz CT molecular complexity index is 862. The summed E-state index contributed by atoms with van der Waals surface area (Å²) in [6.45, 7) is 2.20. The summed E-state index contributed by atoms with van der Waals surface area (Å²) in [6, 6.07) is 4.11. The lowest BCUT2D eigenvalue weighted by Gasteiger charge is -2.29. The molecule has 9 heteroatoms. The van der Waals surface area contributed by atoms with Crippen molar-refractivity contribution in [1.29, 1.82) is 0 Å². The Morgan fingerprint density at radius 3 is 2.69 bits per heavy atom. The molecule has 0 radical (unpaired) electrons. The van der Waals surface area contributed by atoms with Crippen LogP contribution in [0.15, 0.2) is 12.1 Å². The van der Waals surface area contributed by atoms with Crippen molar-refractivity contribution in [3.63, 3.8) is 0 Å². The van der Waals surface area contributed by atoms with Crippen LogP contribution in [-0.2, 0) is 10.0 Å². The number of halogens is 1. The molecule has 0 unspecified atom stereocenters. The summed E-state index contributed by atoms with van der Waals surface area (Å²) in [7, 11) is -1.50. The van der Waals surface area contributed by atoms with Crippen molar-refractivity contribution in [2.75, 3.05) is 24.7 Å². The Hall–Kier alpha value is -1.09. The Balaban J connectivity index is 1.55. The van der Waals surface area contributed by atoms with Crippen LogP contribution in [0.1, 0.15) is 32.6 Å². The average Bonchev–Trinajstić information content (AvgIpc) is 3.01. The standard InChI is InChI=1S/C17H24ClN3O3S2/c1-3-26(22,23)19-10-11-4-6-12(7-5-11)20-17-21-14-8-13(18)15(24-2)9-16(14)25-17/h8-9,11-12,19H,3-7,10H2,1-2H3,(H,20,21). The number of ether oxygens (including phenoxy) is 1. The molecular weight excluding hydrogens is 394 g/mol. The molecule has 1 saturated carbocycles. The van der Waals surface area contributed by atoms with E-state index in [2.05, 4.69) is 15.0 Å². The molecule has 0 aliphatic heterocycles. The highest BCUT2D eigenvalue weighted by atomic mass is 35.5. The molecule has 26 heavy (non-hydrogen) atoms. The molecule has 1 aromatic carbocycles. The number of nitrogens with zero attached hydrogens (tertiary/aromatic N) is 1. The van der Waals surface area contributed by atoms with Gasteiger partial charge in [0, 0.05) is 18.7 Å². The highest BCUT2D eigenvalue weighted by molar-refractivity contribution is 7.89. The number of methoxy groups -OCH3 is 1. The van der Waals surface area contributed by atoms with Gasteiger partial charge in [-0.3, -0.25) is 0 Å². The fourth-order valence-electron chi connectivity index (χ4n) is 3.18. The van der Waals surface area contributed by atoms with E-state index in [9.17, 15) is 8.42 Å². The normalized spacial score (nSPS) is 21.0. The second-order valence-corrected chi connectivity index (χ2v) is 10.1. The van der Waals surface area contributed by atoms with Crippen molar-refractivity contribution in [3.8, 4) is 5.75 Å². The first-order valence-electron chi connectivity index (χ1n) is 8.78. The SMILES string of the molecule is CCS(=O)(=O)NCC1CCC(Nc2nc3cc(Cl)c(OC)cc3s2)CC1. The van der Waals surface area contributed by atoms with Crippen LogP contribution in [0.4, 0.5) is 5.13 Å².